The van der Waals surface area contributed by atoms with Gasteiger partial charge in [0.2, 0.25) is 6.33 Å². The highest BCUT2D eigenvalue weighted by molar-refractivity contribution is 5.14. The molecular formula is C20H31N2+. The third-order valence-corrected chi connectivity index (χ3v) is 4.49. The predicted octanol–water partition coefficient (Wildman–Crippen LogP) is 5.23. The molecule has 2 rings (SSSR count). The number of aromatic amines is 1. The standard InChI is InChI=1S/C20H30N2/c1-2-3-4-5-6-10-13-20(22-17-16-21-18-22)15-14-19-11-8-7-9-12-19/h7-9,11-12,16-18,20H,2-6,10,13-15H2,1H3/p+1. The highest BCUT2D eigenvalue weighted by Gasteiger charge is 2.15. The number of nitrogens with one attached hydrogen (secondary N) is 1. The van der Waals surface area contributed by atoms with Crippen LogP contribution in [0.1, 0.15) is 69.9 Å². The number of aromatic nitrogens is 2. The second-order valence-corrected chi connectivity index (χ2v) is 6.29. The van der Waals surface area contributed by atoms with Crippen molar-refractivity contribution in [2.75, 3.05) is 0 Å². The quantitative estimate of drug-likeness (QED) is 0.433. The molecule has 0 aliphatic carbocycles. The molecule has 0 aliphatic heterocycles. The maximum absolute atomic E-state index is 3.19. The van der Waals surface area contributed by atoms with Crippen molar-refractivity contribution in [1.82, 2.24) is 4.98 Å². The first-order valence-corrected chi connectivity index (χ1v) is 8.97. The van der Waals surface area contributed by atoms with Crippen LogP contribution in [0, 0.1) is 0 Å². The maximum Gasteiger partial charge on any atom is 0.241 e. The van der Waals surface area contributed by atoms with Crippen molar-refractivity contribution >= 4 is 0 Å². The van der Waals surface area contributed by atoms with Crippen molar-refractivity contribution in [2.45, 2.75) is 70.8 Å². The van der Waals surface area contributed by atoms with Crippen molar-refractivity contribution in [1.29, 1.82) is 0 Å². The van der Waals surface area contributed by atoms with E-state index in [0.29, 0.717) is 6.04 Å². The van der Waals surface area contributed by atoms with Gasteiger partial charge in [-0.2, -0.15) is 0 Å². The molecule has 0 radical (unpaired) electrons. The minimum atomic E-state index is 0.623. The van der Waals surface area contributed by atoms with Crippen LogP contribution < -0.4 is 4.57 Å². The molecule has 1 unspecified atom stereocenters. The first-order valence-electron chi connectivity index (χ1n) is 8.97. The number of hydrogen-bond donors (Lipinski definition) is 1. The van der Waals surface area contributed by atoms with E-state index >= 15 is 0 Å². The minimum absolute atomic E-state index is 0.623. The van der Waals surface area contributed by atoms with Gasteiger partial charge >= 0.3 is 0 Å². The van der Waals surface area contributed by atoms with Crippen molar-refractivity contribution in [3.05, 3.63) is 54.6 Å². The number of benzene rings is 1. The lowest BCUT2D eigenvalue weighted by atomic mass is 9.99. The smallest absolute Gasteiger partial charge is 0.241 e. The molecular weight excluding hydrogens is 268 g/mol. The highest BCUT2D eigenvalue weighted by atomic mass is 15.0. The normalized spacial score (nSPS) is 12.4. The maximum atomic E-state index is 3.19. The van der Waals surface area contributed by atoms with Gasteiger partial charge in [0.25, 0.3) is 0 Å². The minimum Gasteiger partial charge on any atom is -0.250 e. The average Bonchev–Trinajstić information content (AvgIpc) is 3.09. The van der Waals surface area contributed by atoms with Gasteiger partial charge in [-0.3, -0.25) is 4.98 Å². The lowest BCUT2D eigenvalue weighted by Gasteiger charge is -2.14. The molecule has 1 heterocycles. The molecule has 1 aromatic carbocycles. The largest absolute Gasteiger partial charge is 0.250 e. The zero-order chi connectivity index (χ0) is 15.5. The Kier molecular flexibility index (Phi) is 7.79. The number of H-pyrrole nitrogens is 1. The Morgan fingerprint density at radius 3 is 2.45 bits per heavy atom. The Morgan fingerprint density at radius 1 is 0.955 bits per heavy atom. The van der Waals surface area contributed by atoms with Gasteiger partial charge in [0, 0.05) is 0 Å². The van der Waals surface area contributed by atoms with Crippen molar-refractivity contribution in [3.63, 3.8) is 0 Å². The summed E-state index contributed by atoms with van der Waals surface area (Å²) >= 11 is 0. The second kappa shape index (κ2) is 10.2. The molecule has 2 heteroatoms. The monoisotopic (exact) mass is 299 g/mol. The fourth-order valence-electron chi connectivity index (χ4n) is 3.11. The summed E-state index contributed by atoms with van der Waals surface area (Å²) in [6.45, 7) is 2.28. The van der Waals surface area contributed by atoms with E-state index in [4.69, 9.17) is 0 Å². The number of hydrogen-bond acceptors (Lipinski definition) is 0. The summed E-state index contributed by atoms with van der Waals surface area (Å²) in [5.74, 6) is 0. The third kappa shape index (κ3) is 6.05. The zero-order valence-corrected chi connectivity index (χ0v) is 14.0. The summed E-state index contributed by atoms with van der Waals surface area (Å²) in [5, 5.41) is 0. The first-order chi connectivity index (χ1) is 10.9. The van der Waals surface area contributed by atoms with E-state index in [9.17, 15) is 0 Å². The first kappa shape index (κ1) is 16.8. The molecule has 120 valence electrons. The van der Waals surface area contributed by atoms with E-state index in [0.717, 1.165) is 0 Å². The average molecular weight is 299 g/mol. The van der Waals surface area contributed by atoms with Crippen LogP contribution in [-0.4, -0.2) is 4.98 Å². The Morgan fingerprint density at radius 2 is 1.73 bits per heavy atom. The van der Waals surface area contributed by atoms with E-state index < -0.39 is 0 Å². The van der Waals surface area contributed by atoms with Gasteiger partial charge in [0.1, 0.15) is 18.4 Å². The van der Waals surface area contributed by atoms with Crippen LogP contribution in [0.3, 0.4) is 0 Å². The molecule has 0 fully saturated rings. The Labute approximate surface area is 135 Å². The van der Waals surface area contributed by atoms with Gasteiger partial charge in [-0.15, -0.1) is 0 Å². The molecule has 22 heavy (non-hydrogen) atoms. The van der Waals surface area contributed by atoms with Gasteiger partial charge in [0.05, 0.1) is 0 Å². The summed E-state index contributed by atoms with van der Waals surface area (Å²) in [6, 6.07) is 11.5. The molecule has 0 saturated heterocycles. The fraction of sp³-hybridized carbons (Fsp3) is 0.550. The molecule has 0 bridgehead atoms. The van der Waals surface area contributed by atoms with Crippen molar-refractivity contribution in [3.8, 4) is 0 Å². The number of imidazole rings is 1. The summed E-state index contributed by atoms with van der Waals surface area (Å²) in [7, 11) is 0. The topological polar surface area (TPSA) is 19.7 Å². The van der Waals surface area contributed by atoms with Gasteiger partial charge < -0.3 is 0 Å². The number of aryl methyl sites for hydroxylation is 1. The lowest BCUT2D eigenvalue weighted by molar-refractivity contribution is -0.723. The van der Waals surface area contributed by atoms with E-state index in [-0.39, 0.29) is 0 Å². The van der Waals surface area contributed by atoms with Crippen LogP contribution in [-0.2, 0) is 6.42 Å². The lowest BCUT2D eigenvalue weighted by Crippen LogP contribution is -2.37. The van der Waals surface area contributed by atoms with E-state index in [1.54, 1.807) is 0 Å². The third-order valence-electron chi connectivity index (χ3n) is 4.49. The number of unbranched alkanes of at least 4 members (excludes halogenated alkanes) is 5. The SMILES string of the molecule is CCCCCCCCC(CCc1ccccc1)[n+]1cc[nH]c1. The van der Waals surface area contributed by atoms with Crippen molar-refractivity contribution < 1.29 is 4.57 Å². The summed E-state index contributed by atoms with van der Waals surface area (Å²) in [6.07, 6.45) is 18.2. The zero-order valence-electron chi connectivity index (χ0n) is 14.0. The van der Waals surface area contributed by atoms with E-state index in [1.165, 1.54) is 63.4 Å². The Hall–Kier alpha value is -1.57. The van der Waals surface area contributed by atoms with Gasteiger partial charge in [-0.05, 0) is 31.2 Å². The molecule has 2 nitrogen and oxygen atoms in total. The molecule has 0 aliphatic rings. The summed E-state index contributed by atoms with van der Waals surface area (Å²) < 4.78 is 2.36. The number of nitrogens with zero attached hydrogens (tertiary/aromatic N) is 1. The number of rotatable bonds is 11. The van der Waals surface area contributed by atoms with Crippen LogP contribution in [0.2, 0.25) is 0 Å². The molecule has 0 amide bonds. The van der Waals surface area contributed by atoms with Crippen molar-refractivity contribution in [2.24, 2.45) is 0 Å². The molecule has 0 spiro atoms. The van der Waals surface area contributed by atoms with Gasteiger partial charge in [-0.25, -0.2) is 4.57 Å². The molecule has 1 atom stereocenters. The van der Waals surface area contributed by atoms with Gasteiger partial charge in [-0.1, -0.05) is 69.4 Å². The van der Waals surface area contributed by atoms with Gasteiger partial charge in [0.15, 0.2) is 0 Å². The van der Waals surface area contributed by atoms with Crippen LogP contribution >= 0.6 is 0 Å². The van der Waals surface area contributed by atoms with Crippen LogP contribution in [0.25, 0.3) is 0 Å². The summed E-state index contributed by atoms with van der Waals surface area (Å²) in [5.41, 5.74) is 1.45. The molecule has 2 aromatic rings. The van der Waals surface area contributed by atoms with Crippen LogP contribution in [0.4, 0.5) is 0 Å². The fourth-order valence-corrected chi connectivity index (χ4v) is 3.11. The van der Waals surface area contributed by atoms with E-state index in [2.05, 4.69) is 59.3 Å². The highest BCUT2D eigenvalue weighted by Crippen LogP contribution is 2.18. The molecule has 0 saturated carbocycles. The molecule has 1 aromatic heterocycles. The second-order valence-electron chi connectivity index (χ2n) is 6.29. The Bertz CT molecular complexity index is 476. The Balaban J connectivity index is 1.77. The van der Waals surface area contributed by atoms with E-state index in [1.807, 2.05) is 6.20 Å². The predicted molar refractivity (Wildman–Crippen MR) is 92.8 cm³/mol. The summed E-state index contributed by atoms with van der Waals surface area (Å²) in [4.78, 5) is 3.19. The van der Waals surface area contributed by atoms with Crippen LogP contribution in [0.15, 0.2) is 49.1 Å². The van der Waals surface area contributed by atoms with Crippen LogP contribution in [0.5, 0.6) is 0 Å². The molecule has 1 N–H and O–H groups in total.